The van der Waals surface area contributed by atoms with Gasteiger partial charge < -0.3 is 14.3 Å². The van der Waals surface area contributed by atoms with Gasteiger partial charge in [-0.1, -0.05) is 11.2 Å². The summed E-state index contributed by atoms with van der Waals surface area (Å²) in [6, 6.07) is 6.57. The van der Waals surface area contributed by atoms with E-state index in [9.17, 15) is 8.42 Å². The second-order valence-corrected chi connectivity index (χ2v) is 14.2. The number of aryl methyl sites for hydroxylation is 3. The van der Waals surface area contributed by atoms with Gasteiger partial charge in [0, 0.05) is 42.9 Å². The summed E-state index contributed by atoms with van der Waals surface area (Å²) >= 11 is 0. The topological polar surface area (TPSA) is 117 Å². The summed E-state index contributed by atoms with van der Waals surface area (Å²) in [4.78, 5) is 18.6. The number of anilines is 1. The number of sulfonamides is 1. The number of rotatable bonds is 9. The van der Waals surface area contributed by atoms with E-state index in [-0.39, 0.29) is 11.8 Å². The molecule has 0 bridgehead atoms. The number of hydrogen-bond donors (Lipinski definition) is 1. The van der Waals surface area contributed by atoms with Crippen LogP contribution in [0, 0.1) is 18.3 Å². The van der Waals surface area contributed by atoms with Crippen molar-refractivity contribution in [3.8, 4) is 0 Å². The molecular formula is C29H41N7O3S. The molecule has 2 aromatic heterocycles. The highest BCUT2D eigenvalue weighted by atomic mass is 32.2. The smallest absolute Gasteiger partial charge is 0.226 e. The molecule has 4 heterocycles. The minimum absolute atomic E-state index is 0.121. The van der Waals surface area contributed by atoms with Gasteiger partial charge in [-0.15, -0.1) is 0 Å². The van der Waals surface area contributed by atoms with Gasteiger partial charge in [0.05, 0.1) is 11.3 Å². The molecule has 216 valence electrons. The Labute approximate surface area is 237 Å². The fourth-order valence-corrected chi connectivity index (χ4v) is 7.71. The molecule has 1 N–H and O–H groups in total. The first-order valence-electron chi connectivity index (χ1n) is 14.8. The third kappa shape index (κ3) is 6.16. The van der Waals surface area contributed by atoms with Gasteiger partial charge in [-0.25, -0.2) is 23.1 Å². The summed E-state index contributed by atoms with van der Waals surface area (Å²) in [5.41, 5.74) is 2.59. The van der Waals surface area contributed by atoms with Crippen molar-refractivity contribution in [2.24, 2.45) is 11.3 Å². The number of hydrogen-bond acceptors (Lipinski definition) is 9. The second-order valence-electron chi connectivity index (χ2n) is 12.2. The zero-order chi connectivity index (χ0) is 27.7. The van der Waals surface area contributed by atoms with Crippen molar-refractivity contribution < 1.29 is 12.9 Å². The van der Waals surface area contributed by atoms with Crippen molar-refractivity contribution in [2.75, 3.05) is 43.4 Å². The van der Waals surface area contributed by atoms with Crippen molar-refractivity contribution >= 4 is 26.7 Å². The Kier molecular flexibility index (Phi) is 7.80. The molecule has 1 aromatic carbocycles. The third-order valence-corrected chi connectivity index (χ3v) is 10.7. The van der Waals surface area contributed by atoms with Crippen molar-refractivity contribution in [1.29, 1.82) is 0 Å². The quantitative estimate of drug-likeness (QED) is 0.414. The van der Waals surface area contributed by atoms with Crippen LogP contribution in [0.4, 0.5) is 5.82 Å². The fourth-order valence-electron chi connectivity index (χ4n) is 6.80. The molecule has 2 saturated heterocycles. The predicted molar refractivity (Wildman–Crippen MR) is 155 cm³/mol. The SMILES string of the molecule is CCS(=O)(=O)NC1CCC(CN2CCC3(CC2)CN(c2ncnc4ccc(CCc5nc(C)no5)cc24)C3)CC1. The average molecular weight is 568 g/mol. The average Bonchev–Trinajstić information content (AvgIpc) is 3.37. The zero-order valence-electron chi connectivity index (χ0n) is 23.7. The van der Waals surface area contributed by atoms with Crippen LogP contribution < -0.4 is 9.62 Å². The monoisotopic (exact) mass is 567 g/mol. The van der Waals surface area contributed by atoms with E-state index in [4.69, 9.17) is 9.51 Å². The number of fused-ring (bicyclic) bond motifs is 1. The summed E-state index contributed by atoms with van der Waals surface area (Å²) in [5.74, 6) is 3.23. The highest BCUT2D eigenvalue weighted by Crippen LogP contribution is 2.44. The molecule has 0 amide bonds. The van der Waals surface area contributed by atoms with E-state index in [1.54, 1.807) is 13.3 Å². The summed E-state index contributed by atoms with van der Waals surface area (Å²) in [7, 11) is -3.11. The Morgan fingerprint density at radius 2 is 1.85 bits per heavy atom. The van der Waals surface area contributed by atoms with Crippen LogP contribution in [0.1, 0.15) is 62.7 Å². The van der Waals surface area contributed by atoms with Gasteiger partial charge in [0.1, 0.15) is 12.1 Å². The number of nitrogens with one attached hydrogen (secondary N) is 1. The Morgan fingerprint density at radius 3 is 2.55 bits per heavy atom. The molecule has 3 aliphatic rings. The molecule has 0 atom stereocenters. The lowest BCUT2D eigenvalue weighted by molar-refractivity contribution is 0.0621. The number of benzene rings is 1. The lowest BCUT2D eigenvalue weighted by atomic mass is 9.71. The van der Waals surface area contributed by atoms with Crippen LogP contribution >= 0.6 is 0 Å². The number of likely N-dealkylation sites (tertiary alicyclic amines) is 1. The molecule has 3 aromatic rings. The van der Waals surface area contributed by atoms with Crippen LogP contribution in [0.25, 0.3) is 10.9 Å². The van der Waals surface area contributed by atoms with E-state index in [0.29, 0.717) is 23.0 Å². The first-order valence-corrected chi connectivity index (χ1v) is 16.5. The first kappa shape index (κ1) is 27.5. The Hall–Kier alpha value is -2.63. The van der Waals surface area contributed by atoms with E-state index in [0.717, 1.165) is 88.0 Å². The highest BCUT2D eigenvalue weighted by Gasteiger charge is 2.46. The maximum Gasteiger partial charge on any atom is 0.226 e. The van der Waals surface area contributed by atoms with Gasteiger partial charge in [0.15, 0.2) is 5.82 Å². The van der Waals surface area contributed by atoms with Crippen molar-refractivity contribution in [3.63, 3.8) is 0 Å². The molecule has 1 saturated carbocycles. The minimum Gasteiger partial charge on any atom is -0.355 e. The molecule has 6 rings (SSSR count). The molecule has 1 spiro atoms. The van der Waals surface area contributed by atoms with Gasteiger partial charge in [-0.2, -0.15) is 4.98 Å². The summed E-state index contributed by atoms with van der Waals surface area (Å²) < 4.78 is 31.9. The Morgan fingerprint density at radius 1 is 1.07 bits per heavy atom. The molecule has 40 heavy (non-hydrogen) atoms. The number of piperidine rings is 1. The summed E-state index contributed by atoms with van der Waals surface area (Å²) in [5, 5.41) is 5.01. The minimum atomic E-state index is -3.11. The van der Waals surface area contributed by atoms with E-state index in [1.165, 1.54) is 18.4 Å². The van der Waals surface area contributed by atoms with Gasteiger partial charge >= 0.3 is 0 Å². The molecule has 10 nitrogen and oxygen atoms in total. The van der Waals surface area contributed by atoms with Crippen LogP contribution in [0.3, 0.4) is 0 Å². The fraction of sp³-hybridized carbons (Fsp3) is 0.655. The van der Waals surface area contributed by atoms with Crippen LogP contribution in [-0.4, -0.2) is 77.9 Å². The number of aromatic nitrogens is 4. The van der Waals surface area contributed by atoms with Crippen LogP contribution in [0.5, 0.6) is 0 Å². The maximum absolute atomic E-state index is 11.9. The molecular weight excluding hydrogens is 526 g/mol. The first-order chi connectivity index (χ1) is 19.3. The van der Waals surface area contributed by atoms with Crippen molar-refractivity contribution in [3.05, 3.63) is 41.8 Å². The van der Waals surface area contributed by atoms with Gasteiger partial charge in [-0.3, -0.25) is 0 Å². The largest absolute Gasteiger partial charge is 0.355 e. The van der Waals surface area contributed by atoms with E-state index >= 15 is 0 Å². The predicted octanol–water partition coefficient (Wildman–Crippen LogP) is 3.51. The lowest BCUT2D eigenvalue weighted by Crippen LogP contribution is -2.61. The maximum atomic E-state index is 11.9. The molecule has 1 aliphatic carbocycles. The van der Waals surface area contributed by atoms with Gasteiger partial charge in [-0.05, 0) is 95.5 Å². The third-order valence-electron chi connectivity index (χ3n) is 9.23. The van der Waals surface area contributed by atoms with Gasteiger partial charge in [0.25, 0.3) is 0 Å². The summed E-state index contributed by atoms with van der Waals surface area (Å²) in [6.07, 6.45) is 9.85. The Balaban J connectivity index is 1.00. The van der Waals surface area contributed by atoms with E-state index in [1.807, 2.05) is 6.92 Å². The second kappa shape index (κ2) is 11.3. The Bertz CT molecular complexity index is 1420. The summed E-state index contributed by atoms with van der Waals surface area (Å²) in [6.45, 7) is 9.11. The normalized spacial score (nSPS) is 23.5. The van der Waals surface area contributed by atoms with Gasteiger partial charge in [0.2, 0.25) is 15.9 Å². The van der Waals surface area contributed by atoms with Crippen molar-refractivity contribution in [1.82, 2.24) is 29.7 Å². The molecule has 0 radical (unpaired) electrons. The number of nitrogens with zero attached hydrogens (tertiary/aromatic N) is 6. The molecule has 11 heteroatoms. The van der Waals surface area contributed by atoms with Crippen LogP contribution in [0.2, 0.25) is 0 Å². The lowest BCUT2D eigenvalue weighted by Gasteiger charge is -2.55. The molecule has 3 fully saturated rings. The van der Waals surface area contributed by atoms with Crippen LogP contribution in [-0.2, 0) is 22.9 Å². The molecule has 2 aliphatic heterocycles. The standard InChI is InChI=1S/C29H41N7O3S/c1-3-40(37,38)34-24-8-4-23(5-9-24)17-35-14-12-29(13-15-35)18-36(19-29)28-25-16-22(6-10-26(25)30-20-31-28)7-11-27-32-21(2)33-39-27/h6,10,16,20,23-24,34H,3-5,7-9,11-15,17-19H2,1-2H3. The highest BCUT2D eigenvalue weighted by molar-refractivity contribution is 7.89. The zero-order valence-corrected chi connectivity index (χ0v) is 24.5. The molecule has 0 unspecified atom stereocenters. The van der Waals surface area contributed by atoms with Crippen molar-refractivity contribution in [2.45, 2.75) is 71.3 Å². The van der Waals surface area contributed by atoms with E-state index < -0.39 is 10.0 Å². The van der Waals surface area contributed by atoms with E-state index in [2.05, 4.69) is 47.8 Å². The van der Waals surface area contributed by atoms with Crippen LogP contribution in [0.15, 0.2) is 29.0 Å².